The number of carboxylic acids is 1. The van der Waals surface area contributed by atoms with Gasteiger partial charge in [-0.3, -0.25) is 4.79 Å². The minimum Gasteiger partial charge on any atom is -0.508 e. The molecule has 2 N–H and O–H groups in total. The first-order chi connectivity index (χ1) is 8.30. The van der Waals surface area contributed by atoms with E-state index in [4.69, 9.17) is 0 Å². The van der Waals surface area contributed by atoms with Gasteiger partial charge in [0.15, 0.2) is 0 Å². The van der Waals surface area contributed by atoms with E-state index in [0.29, 0.717) is 6.42 Å². The highest BCUT2D eigenvalue weighted by Gasteiger charge is 2.41. The van der Waals surface area contributed by atoms with Crippen LogP contribution in [0.1, 0.15) is 44.2 Å². The van der Waals surface area contributed by atoms with Crippen LogP contribution in [0.2, 0.25) is 0 Å². The number of benzene rings is 1. The Labute approximate surface area is 107 Å². The number of phenols is 1. The Morgan fingerprint density at radius 1 is 1.33 bits per heavy atom. The monoisotopic (exact) mass is 248 g/mol. The van der Waals surface area contributed by atoms with Crippen molar-refractivity contribution in [2.24, 2.45) is 11.3 Å². The van der Waals surface area contributed by atoms with E-state index in [2.05, 4.69) is 20.8 Å². The molecular weight excluding hydrogens is 228 g/mol. The lowest BCUT2D eigenvalue weighted by molar-refractivity contribution is -0.144. The Balaban J connectivity index is 2.55. The molecular formula is C15H20O3. The van der Waals surface area contributed by atoms with Gasteiger partial charge in [0.05, 0.1) is 5.92 Å². The topological polar surface area (TPSA) is 57.5 Å². The molecule has 98 valence electrons. The van der Waals surface area contributed by atoms with E-state index in [9.17, 15) is 15.0 Å². The van der Waals surface area contributed by atoms with Crippen LogP contribution in [0.5, 0.6) is 5.75 Å². The number of carboxylic acid groups (broad SMARTS) is 1. The van der Waals surface area contributed by atoms with E-state index in [1.807, 2.05) is 6.07 Å². The Bertz CT molecular complexity index is 471. The Morgan fingerprint density at radius 2 is 2.00 bits per heavy atom. The van der Waals surface area contributed by atoms with Crippen LogP contribution in [0.4, 0.5) is 0 Å². The number of rotatable bonds is 1. The molecule has 0 amide bonds. The molecule has 2 rings (SSSR count). The van der Waals surface area contributed by atoms with Gasteiger partial charge in [-0.2, -0.15) is 0 Å². The quantitative estimate of drug-likeness (QED) is 0.802. The maximum Gasteiger partial charge on any atom is 0.307 e. The average molecular weight is 248 g/mol. The van der Waals surface area contributed by atoms with E-state index in [-0.39, 0.29) is 23.0 Å². The van der Waals surface area contributed by atoms with Crippen LogP contribution >= 0.6 is 0 Å². The van der Waals surface area contributed by atoms with Crippen molar-refractivity contribution in [2.45, 2.75) is 39.5 Å². The van der Waals surface area contributed by atoms with Crippen LogP contribution in [-0.2, 0) is 11.2 Å². The minimum absolute atomic E-state index is 0.0501. The fraction of sp³-hybridized carbons (Fsp3) is 0.533. The molecule has 2 atom stereocenters. The second-order valence-electron chi connectivity index (χ2n) is 6.21. The molecule has 1 aromatic rings. The molecule has 0 bridgehead atoms. The molecule has 3 heteroatoms. The second-order valence-corrected chi connectivity index (χ2v) is 6.21. The van der Waals surface area contributed by atoms with Crippen LogP contribution in [0.25, 0.3) is 0 Å². The zero-order valence-corrected chi connectivity index (χ0v) is 11.1. The van der Waals surface area contributed by atoms with E-state index < -0.39 is 5.97 Å². The highest BCUT2D eigenvalue weighted by molar-refractivity contribution is 5.72. The summed E-state index contributed by atoms with van der Waals surface area (Å²) < 4.78 is 0. The van der Waals surface area contributed by atoms with E-state index in [1.165, 1.54) is 5.56 Å². The molecule has 0 fully saturated rings. The summed E-state index contributed by atoms with van der Waals surface area (Å²) in [6.07, 6.45) is 1.45. The molecule has 0 aliphatic heterocycles. The van der Waals surface area contributed by atoms with E-state index >= 15 is 0 Å². The van der Waals surface area contributed by atoms with Gasteiger partial charge in [-0.15, -0.1) is 0 Å². The van der Waals surface area contributed by atoms with E-state index in [0.717, 1.165) is 12.0 Å². The number of hydrogen-bond acceptors (Lipinski definition) is 2. The van der Waals surface area contributed by atoms with Crippen LogP contribution in [-0.4, -0.2) is 16.2 Å². The first kappa shape index (κ1) is 12.9. The highest BCUT2D eigenvalue weighted by atomic mass is 16.4. The molecule has 2 unspecified atom stereocenters. The molecule has 0 saturated carbocycles. The largest absolute Gasteiger partial charge is 0.508 e. The first-order valence-corrected chi connectivity index (χ1v) is 6.35. The van der Waals surface area contributed by atoms with Gasteiger partial charge in [0, 0.05) is 5.92 Å². The molecule has 1 aliphatic carbocycles. The van der Waals surface area contributed by atoms with Gasteiger partial charge in [0.2, 0.25) is 0 Å². The van der Waals surface area contributed by atoms with Gasteiger partial charge in [0.1, 0.15) is 5.75 Å². The van der Waals surface area contributed by atoms with E-state index in [1.54, 1.807) is 12.1 Å². The summed E-state index contributed by atoms with van der Waals surface area (Å²) in [6, 6.07) is 5.33. The summed E-state index contributed by atoms with van der Waals surface area (Å²) in [5.41, 5.74) is 2.04. The minimum atomic E-state index is -0.732. The molecule has 0 heterocycles. The number of carbonyl (C=O) groups is 1. The number of hydrogen-bond donors (Lipinski definition) is 2. The summed E-state index contributed by atoms with van der Waals surface area (Å²) in [5, 5.41) is 19.1. The second kappa shape index (κ2) is 4.30. The maximum atomic E-state index is 11.4. The van der Waals surface area contributed by atoms with Crippen molar-refractivity contribution >= 4 is 5.97 Å². The van der Waals surface area contributed by atoms with Crippen molar-refractivity contribution in [3.8, 4) is 5.75 Å². The third-order valence-corrected chi connectivity index (χ3v) is 3.84. The lowest BCUT2D eigenvalue weighted by Gasteiger charge is -2.40. The average Bonchev–Trinajstić information content (AvgIpc) is 2.25. The molecule has 0 radical (unpaired) electrons. The molecule has 1 aromatic carbocycles. The predicted octanol–water partition coefficient (Wildman–Crippen LogP) is 3.17. The van der Waals surface area contributed by atoms with Crippen molar-refractivity contribution in [3.63, 3.8) is 0 Å². The third-order valence-electron chi connectivity index (χ3n) is 3.84. The van der Waals surface area contributed by atoms with Crippen LogP contribution in [0.3, 0.4) is 0 Å². The van der Waals surface area contributed by atoms with Crippen molar-refractivity contribution < 1.29 is 15.0 Å². The summed E-state index contributed by atoms with van der Waals surface area (Å²) in [7, 11) is 0. The molecule has 0 spiro atoms. The fourth-order valence-corrected chi connectivity index (χ4v) is 3.13. The van der Waals surface area contributed by atoms with Gasteiger partial charge >= 0.3 is 5.97 Å². The number of phenolic OH excluding ortho intramolecular Hbond substituents is 1. The zero-order chi connectivity index (χ0) is 13.5. The SMILES string of the molecule is CC(C)(C)C1c2cc(O)ccc2CCC1C(=O)O. The molecule has 1 aliphatic rings. The molecule has 0 aromatic heterocycles. The highest BCUT2D eigenvalue weighted by Crippen LogP contribution is 2.47. The van der Waals surface area contributed by atoms with Gasteiger partial charge in [-0.05, 0) is 41.5 Å². The number of fused-ring (bicyclic) bond motifs is 1. The Kier molecular flexibility index (Phi) is 3.09. The normalized spacial score (nSPS) is 23.5. The van der Waals surface area contributed by atoms with Crippen molar-refractivity contribution in [2.75, 3.05) is 0 Å². The number of aryl methyl sites for hydroxylation is 1. The summed E-state index contributed by atoms with van der Waals surface area (Å²) >= 11 is 0. The van der Waals surface area contributed by atoms with Crippen molar-refractivity contribution in [1.82, 2.24) is 0 Å². The Hall–Kier alpha value is -1.51. The van der Waals surface area contributed by atoms with Crippen molar-refractivity contribution in [3.05, 3.63) is 29.3 Å². The number of aliphatic carboxylic acids is 1. The summed E-state index contributed by atoms with van der Waals surface area (Å²) in [6.45, 7) is 6.19. The lowest BCUT2D eigenvalue weighted by Crippen LogP contribution is -2.35. The molecule has 18 heavy (non-hydrogen) atoms. The van der Waals surface area contributed by atoms with Gasteiger partial charge in [-0.1, -0.05) is 26.8 Å². The summed E-state index contributed by atoms with van der Waals surface area (Å²) in [5.74, 6) is -0.928. The lowest BCUT2D eigenvalue weighted by atomic mass is 9.64. The predicted molar refractivity (Wildman–Crippen MR) is 69.7 cm³/mol. The smallest absolute Gasteiger partial charge is 0.307 e. The van der Waals surface area contributed by atoms with Crippen LogP contribution < -0.4 is 0 Å². The third kappa shape index (κ3) is 2.22. The van der Waals surface area contributed by atoms with Gasteiger partial charge < -0.3 is 10.2 Å². The van der Waals surface area contributed by atoms with Crippen molar-refractivity contribution in [1.29, 1.82) is 0 Å². The standard InChI is InChI=1S/C15H20O3/c1-15(2,3)13-11(14(17)18)7-5-9-4-6-10(16)8-12(9)13/h4,6,8,11,13,16H,5,7H2,1-3H3,(H,17,18). The molecule has 3 nitrogen and oxygen atoms in total. The number of aromatic hydroxyl groups is 1. The first-order valence-electron chi connectivity index (χ1n) is 6.35. The van der Waals surface area contributed by atoms with Crippen LogP contribution in [0, 0.1) is 11.3 Å². The van der Waals surface area contributed by atoms with Gasteiger partial charge in [0.25, 0.3) is 0 Å². The Morgan fingerprint density at radius 3 is 2.56 bits per heavy atom. The van der Waals surface area contributed by atoms with Gasteiger partial charge in [-0.25, -0.2) is 0 Å². The molecule has 0 saturated heterocycles. The maximum absolute atomic E-state index is 11.4. The van der Waals surface area contributed by atoms with Crippen LogP contribution in [0.15, 0.2) is 18.2 Å². The summed E-state index contributed by atoms with van der Waals surface area (Å²) in [4.78, 5) is 11.4. The fourth-order valence-electron chi connectivity index (χ4n) is 3.13. The zero-order valence-electron chi connectivity index (χ0n) is 11.1.